The summed E-state index contributed by atoms with van der Waals surface area (Å²) in [6.45, 7) is 0. The molecule has 0 aliphatic rings. The van der Waals surface area contributed by atoms with Crippen LogP contribution < -0.4 is 5.43 Å². The van der Waals surface area contributed by atoms with Crippen LogP contribution in [-0.2, 0) is 7.05 Å². The van der Waals surface area contributed by atoms with E-state index < -0.39 is 22.8 Å². The molecule has 4 rings (SSSR count). The van der Waals surface area contributed by atoms with Crippen LogP contribution in [-0.4, -0.2) is 54.9 Å². The first-order chi connectivity index (χ1) is 13.3. The van der Waals surface area contributed by atoms with E-state index in [2.05, 4.69) is 0 Å². The van der Waals surface area contributed by atoms with Crippen LogP contribution in [0.4, 0.5) is 4.39 Å². The van der Waals surface area contributed by atoms with Gasteiger partial charge in [-0.15, -0.1) is 0 Å². The molecule has 2 aromatic carbocycles. The number of rotatable bonds is 3. The third kappa shape index (κ3) is 3.72. The van der Waals surface area contributed by atoms with Gasteiger partial charge in [0, 0.05) is 42.5 Å². The van der Waals surface area contributed by atoms with Gasteiger partial charge in [0.2, 0.25) is 0 Å². The first kappa shape index (κ1) is 20.9. The number of carboxylic acids is 1. The number of carboxylic acid groups (broad SMARTS) is 1. The Bertz CT molecular complexity index is 1310. The summed E-state index contributed by atoms with van der Waals surface area (Å²) < 4.78 is 17.8. The molecule has 0 fully saturated rings. The molecule has 0 saturated carbocycles. The van der Waals surface area contributed by atoms with Crippen LogP contribution >= 0.6 is 0 Å². The number of fused-ring (bicyclic) bond motifs is 1. The number of benzene rings is 2. The van der Waals surface area contributed by atoms with Gasteiger partial charge in [0.25, 0.3) is 0 Å². The van der Waals surface area contributed by atoms with Gasteiger partial charge in [-0.3, -0.25) is 4.79 Å². The second-order valence-electron chi connectivity index (χ2n) is 6.45. The molecule has 2 N–H and O–H groups in total. The van der Waals surface area contributed by atoms with Crippen LogP contribution in [0.1, 0.15) is 10.4 Å². The van der Waals surface area contributed by atoms with E-state index in [1.165, 1.54) is 22.8 Å². The Labute approximate surface area is 186 Å². The molecule has 0 aliphatic carbocycles. The van der Waals surface area contributed by atoms with Crippen molar-refractivity contribution < 1.29 is 19.4 Å². The number of aromatic nitrogens is 2. The topological polar surface area (TPSA) is 84.5 Å². The van der Waals surface area contributed by atoms with Gasteiger partial charge in [-0.05, 0) is 35.9 Å². The maximum atomic E-state index is 14.5. The fraction of sp³-hybridized carbons (Fsp3) is 0.0476. The summed E-state index contributed by atoms with van der Waals surface area (Å²) in [6.07, 6.45) is 3.00. The predicted molar refractivity (Wildman–Crippen MR) is 110 cm³/mol. The molecule has 4 aromatic rings. The van der Waals surface area contributed by atoms with Gasteiger partial charge in [0.05, 0.1) is 11.4 Å². The fourth-order valence-electron chi connectivity index (χ4n) is 3.25. The minimum absolute atomic E-state index is 0. The Hall–Kier alpha value is -2.87. The van der Waals surface area contributed by atoms with Crippen LogP contribution in [0, 0.1) is 5.82 Å². The van der Waals surface area contributed by atoms with Crippen LogP contribution in [0.3, 0.4) is 0 Å². The molecule has 29 heavy (non-hydrogen) atoms. The molecule has 0 saturated heterocycles. The number of nitrogens with zero attached hydrogens (tertiary/aromatic N) is 2. The molecule has 2 aromatic heterocycles. The summed E-state index contributed by atoms with van der Waals surface area (Å²) in [5, 5.41) is 19.7. The number of aromatic carboxylic acids is 1. The van der Waals surface area contributed by atoms with E-state index in [-0.39, 0.29) is 41.0 Å². The van der Waals surface area contributed by atoms with E-state index in [0.29, 0.717) is 11.3 Å². The fourth-order valence-corrected chi connectivity index (χ4v) is 3.25. The molecular weight excluding hydrogens is 386 g/mol. The van der Waals surface area contributed by atoms with Crippen molar-refractivity contribution >= 4 is 46.4 Å². The third-order valence-electron chi connectivity index (χ3n) is 4.65. The Morgan fingerprint density at radius 2 is 1.83 bits per heavy atom. The zero-order chi connectivity index (χ0) is 20.0. The van der Waals surface area contributed by atoms with E-state index in [4.69, 9.17) is 0 Å². The molecule has 0 amide bonds. The van der Waals surface area contributed by atoms with E-state index in [0.717, 1.165) is 23.2 Å². The number of carbonyl (C=O) groups is 1. The number of hydrogen-bond donors (Lipinski definition) is 2. The summed E-state index contributed by atoms with van der Waals surface area (Å²) in [4.78, 5) is 23.7. The molecule has 0 atom stereocenters. The Balaban J connectivity index is 0.00000240. The number of hydrogen-bond acceptors (Lipinski definition) is 3. The van der Waals surface area contributed by atoms with Crippen molar-refractivity contribution in [2.24, 2.45) is 7.05 Å². The number of halogens is 1. The molecule has 142 valence electrons. The van der Waals surface area contributed by atoms with Gasteiger partial charge in [0.1, 0.15) is 11.3 Å². The van der Waals surface area contributed by atoms with Crippen LogP contribution in [0.15, 0.2) is 65.7 Å². The predicted octanol–water partition coefficient (Wildman–Crippen LogP) is 2.89. The Morgan fingerprint density at radius 1 is 1.07 bits per heavy atom. The van der Waals surface area contributed by atoms with E-state index >= 15 is 0 Å². The average Bonchev–Trinajstić information content (AvgIpc) is 3.02. The second kappa shape index (κ2) is 7.87. The van der Waals surface area contributed by atoms with Gasteiger partial charge < -0.3 is 19.3 Å². The second-order valence-corrected chi connectivity index (χ2v) is 6.45. The maximum absolute atomic E-state index is 14.5. The molecule has 0 spiro atoms. The molecule has 6 nitrogen and oxygen atoms in total. The summed E-state index contributed by atoms with van der Waals surface area (Å²) >= 11 is 0. The Kier molecular flexibility index (Phi) is 5.66. The normalized spacial score (nSPS) is 10.7. The van der Waals surface area contributed by atoms with Gasteiger partial charge >= 0.3 is 35.5 Å². The minimum atomic E-state index is -1.40. The monoisotopic (exact) mass is 402 g/mol. The van der Waals surface area contributed by atoms with Crippen molar-refractivity contribution in [1.82, 2.24) is 9.13 Å². The van der Waals surface area contributed by atoms with E-state index in [9.17, 15) is 24.2 Å². The Morgan fingerprint density at radius 3 is 2.52 bits per heavy atom. The summed E-state index contributed by atoms with van der Waals surface area (Å²) in [7, 11) is 1.91. The van der Waals surface area contributed by atoms with Gasteiger partial charge in [-0.2, -0.15) is 0 Å². The number of phenols is 1. The molecule has 0 radical (unpaired) electrons. The summed E-state index contributed by atoms with van der Waals surface area (Å²) in [5.41, 5.74) is 0.813. The molecule has 8 heteroatoms. The van der Waals surface area contributed by atoms with Crippen molar-refractivity contribution in [3.05, 3.63) is 82.5 Å². The molecule has 0 aliphatic heterocycles. The van der Waals surface area contributed by atoms with Crippen molar-refractivity contribution in [3.8, 4) is 22.7 Å². The number of pyridine rings is 1. The standard InChI is InChI=1S/C21H15FN2O4.Na.H/c1-23-7-6-13-8-12(2-4-17(13)23)19-10-20(26)15(21(27)28)11-24(19)18-5-3-14(25)9-16(18)22;;/h2-11,25H,1H3,(H,27,28);;. The molecule has 2 heterocycles. The van der Waals surface area contributed by atoms with E-state index in [1.807, 2.05) is 36.0 Å². The van der Waals surface area contributed by atoms with Gasteiger partial charge in [-0.25, -0.2) is 9.18 Å². The zero-order valence-corrected chi connectivity index (χ0v) is 14.8. The zero-order valence-electron chi connectivity index (χ0n) is 14.8. The average molecular weight is 402 g/mol. The number of phenolic OH excluding ortho intramolecular Hbond substituents is 1. The molecular formula is C21H16FN2NaO4. The van der Waals surface area contributed by atoms with Crippen molar-refractivity contribution in [1.29, 1.82) is 0 Å². The first-order valence-electron chi connectivity index (χ1n) is 8.39. The number of aryl methyl sites for hydroxylation is 1. The van der Waals surface area contributed by atoms with Crippen molar-refractivity contribution in [2.75, 3.05) is 0 Å². The number of aromatic hydroxyl groups is 1. The van der Waals surface area contributed by atoms with Gasteiger partial charge in [0.15, 0.2) is 11.2 Å². The van der Waals surface area contributed by atoms with Crippen LogP contribution in [0.2, 0.25) is 0 Å². The molecule has 0 bridgehead atoms. The first-order valence-corrected chi connectivity index (χ1v) is 8.39. The van der Waals surface area contributed by atoms with Crippen LogP contribution in [0.5, 0.6) is 5.75 Å². The summed E-state index contributed by atoms with van der Waals surface area (Å²) in [6, 6.07) is 12.1. The summed E-state index contributed by atoms with van der Waals surface area (Å²) in [5.74, 6) is -2.40. The third-order valence-corrected chi connectivity index (χ3v) is 4.65. The van der Waals surface area contributed by atoms with Crippen molar-refractivity contribution in [2.45, 2.75) is 0 Å². The quantitative estimate of drug-likeness (QED) is 0.516. The van der Waals surface area contributed by atoms with Gasteiger partial charge in [-0.1, -0.05) is 6.07 Å². The van der Waals surface area contributed by atoms with E-state index in [1.54, 1.807) is 6.07 Å². The molecule has 0 unspecified atom stereocenters. The van der Waals surface area contributed by atoms with Crippen molar-refractivity contribution in [3.63, 3.8) is 0 Å². The SMILES string of the molecule is Cn1ccc2cc(-c3cc(=O)c(C(=O)O)cn3-c3ccc(O)cc3F)ccc21.[NaH]. The van der Waals surface area contributed by atoms with Crippen LogP contribution in [0.25, 0.3) is 27.8 Å².